The highest BCUT2D eigenvalue weighted by Gasteiger charge is 2.70. The first-order valence-electron chi connectivity index (χ1n) is 14.4. The molecule has 1 heterocycles. The van der Waals surface area contributed by atoms with Gasteiger partial charge in [0.1, 0.15) is 32.2 Å². The van der Waals surface area contributed by atoms with Gasteiger partial charge in [-0.05, 0) is 50.9 Å². The van der Waals surface area contributed by atoms with Crippen molar-refractivity contribution in [1.82, 2.24) is 0 Å². The molecule has 5 aliphatic carbocycles. The largest absolute Gasteiger partial charge is 0.469 e. The van der Waals surface area contributed by atoms with E-state index < -0.39 is 61.3 Å². The van der Waals surface area contributed by atoms with Crippen LogP contribution in [0, 0.1) is 29.1 Å². The van der Waals surface area contributed by atoms with Crippen LogP contribution < -0.4 is 0 Å². The summed E-state index contributed by atoms with van der Waals surface area (Å²) in [6, 6.07) is 0. The topological polar surface area (TPSA) is 129 Å². The molecule has 1 aliphatic heterocycles. The van der Waals surface area contributed by atoms with Gasteiger partial charge in [-0.15, -0.1) is 0 Å². The zero-order chi connectivity index (χ0) is 34.1. The summed E-state index contributed by atoms with van der Waals surface area (Å²) in [4.78, 5) is 34.0. The Morgan fingerprint density at radius 2 is 1.27 bits per heavy atom. The van der Waals surface area contributed by atoms with E-state index in [1.54, 1.807) is 0 Å². The van der Waals surface area contributed by atoms with Gasteiger partial charge in [-0.25, -0.2) is 0 Å². The summed E-state index contributed by atoms with van der Waals surface area (Å²) in [7, 11) is 2.72. The van der Waals surface area contributed by atoms with Gasteiger partial charge < -0.3 is 29.2 Å². The molecular weight excluding hydrogens is 632 g/mol. The number of esters is 2. The number of methoxy groups -OCH3 is 2. The quantitative estimate of drug-likeness (QED) is 0.328. The number of ketones is 1. The van der Waals surface area contributed by atoms with Crippen molar-refractivity contribution in [3.63, 3.8) is 0 Å². The maximum Gasteiger partial charge on any atom is 0.335 e. The molecule has 6 fully saturated rings. The van der Waals surface area contributed by atoms with Crippen LogP contribution in [0.5, 0.6) is 0 Å². The van der Waals surface area contributed by atoms with Crippen LogP contribution >= 0.6 is 0 Å². The van der Waals surface area contributed by atoms with Gasteiger partial charge in [0.2, 0.25) is 0 Å². The summed E-state index contributed by atoms with van der Waals surface area (Å²) in [6.07, 6.45) is 5.18. The highest BCUT2D eigenvalue weighted by Crippen LogP contribution is 2.66. The van der Waals surface area contributed by atoms with Crippen molar-refractivity contribution in [2.75, 3.05) is 40.6 Å². The summed E-state index contributed by atoms with van der Waals surface area (Å²) >= 11 is 0. The minimum Gasteiger partial charge on any atom is -0.469 e. The molecule has 17 heteroatoms. The van der Waals surface area contributed by atoms with E-state index in [0.29, 0.717) is 57.8 Å². The Bertz CT molecular complexity index is 1030. The van der Waals surface area contributed by atoms with Crippen LogP contribution in [0.15, 0.2) is 0 Å². The predicted molar refractivity (Wildman–Crippen MR) is 136 cm³/mol. The number of rotatable bonds is 5. The number of carbonyl (C=O) groups excluding carboxylic acids is 3. The fourth-order valence-electron chi connectivity index (χ4n) is 7.10. The fourth-order valence-corrected chi connectivity index (χ4v) is 7.10. The normalized spacial score (nSPS) is 31.6. The van der Waals surface area contributed by atoms with Crippen LogP contribution in [0.2, 0.25) is 0 Å². The molecule has 0 aromatic heterocycles. The van der Waals surface area contributed by atoms with Crippen molar-refractivity contribution in [1.29, 1.82) is 0 Å². The Kier molecular flexibility index (Phi) is 11.2. The molecule has 1 spiro atoms. The van der Waals surface area contributed by atoms with Gasteiger partial charge in [-0.3, -0.25) is 14.4 Å². The van der Waals surface area contributed by atoms with Crippen LogP contribution in [0.3, 0.4) is 0 Å². The third kappa shape index (κ3) is 7.40. The number of hydrogen-bond acceptors (Lipinski definition) is 9. The summed E-state index contributed by atoms with van der Waals surface area (Å²) in [5.41, 5.74) is -0.652. The van der Waals surface area contributed by atoms with Crippen molar-refractivity contribution in [2.45, 2.75) is 87.3 Å². The van der Waals surface area contributed by atoms with E-state index in [1.807, 2.05) is 0 Å². The average molecular weight is 671 g/mol. The Morgan fingerprint density at radius 1 is 0.822 bits per heavy atom. The SMILES string of the molecule is COC(=O)C12CC3CC(C1)C1(OCC(F)(F)C(F)(F)CO1)C(C3)C2.COC(=O)C1CCC(=O)CC1.OCC(F)(F)C(F)(F)CO. The van der Waals surface area contributed by atoms with Crippen LogP contribution in [0.4, 0.5) is 35.1 Å². The highest BCUT2D eigenvalue weighted by atomic mass is 19.3. The first-order valence-corrected chi connectivity index (χ1v) is 14.4. The predicted octanol–water partition coefficient (Wildman–Crippen LogP) is 4.16. The molecule has 45 heavy (non-hydrogen) atoms. The van der Waals surface area contributed by atoms with Crippen molar-refractivity contribution in [3.05, 3.63) is 0 Å². The summed E-state index contributed by atoms with van der Waals surface area (Å²) < 4.78 is 122. The van der Waals surface area contributed by atoms with Crippen LogP contribution in [-0.4, -0.2) is 98.1 Å². The average Bonchev–Trinajstić information content (AvgIpc) is 3.09. The minimum atomic E-state index is -4.54. The van der Waals surface area contributed by atoms with Crippen LogP contribution in [0.25, 0.3) is 0 Å². The summed E-state index contributed by atoms with van der Waals surface area (Å²) in [6.45, 7) is -6.66. The van der Waals surface area contributed by atoms with Crippen molar-refractivity contribution < 1.29 is 78.7 Å². The fraction of sp³-hybridized carbons (Fsp3) is 0.893. The zero-order valence-electron chi connectivity index (χ0n) is 24.8. The number of halogens is 8. The van der Waals surface area contributed by atoms with Gasteiger partial charge in [-0.2, -0.15) is 35.1 Å². The Labute approximate surface area is 253 Å². The molecule has 2 atom stereocenters. The first kappa shape index (κ1) is 37.3. The van der Waals surface area contributed by atoms with Crippen molar-refractivity contribution >= 4 is 17.7 Å². The van der Waals surface area contributed by atoms with Gasteiger partial charge in [0.25, 0.3) is 0 Å². The molecule has 4 bridgehead atoms. The molecule has 0 radical (unpaired) electrons. The molecule has 0 amide bonds. The monoisotopic (exact) mass is 670 g/mol. The number of Topliss-reactive ketones (excluding diaryl/α,β-unsaturated/α-hetero) is 1. The van der Waals surface area contributed by atoms with Crippen LogP contribution in [-0.2, 0) is 33.3 Å². The lowest BCUT2D eigenvalue weighted by Gasteiger charge is -2.62. The molecule has 9 nitrogen and oxygen atoms in total. The number of aliphatic hydroxyl groups excluding tert-OH is 2. The maximum absolute atomic E-state index is 13.7. The molecule has 2 N–H and O–H groups in total. The van der Waals surface area contributed by atoms with Gasteiger partial charge in [0.05, 0.1) is 25.6 Å². The minimum absolute atomic E-state index is 0.0299. The Balaban J connectivity index is 0.000000219. The molecule has 6 aliphatic rings. The number of aliphatic hydroxyl groups is 2. The molecule has 6 rings (SSSR count). The lowest BCUT2D eigenvalue weighted by molar-refractivity contribution is -0.345. The van der Waals surface area contributed by atoms with Crippen molar-refractivity contribution in [3.8, 4) is 0 Å². The number of hydrogen-bond donors (Lipinski definition) is 2. The molecular formula is C28H38F8O9. The van der Waals surface area contributed by atoms with Gasteiger partial charge in [0.15, 0.2) is 5.79 Å². The van der Waals surface area contributed by atoms with E-state index >= 15 is 0 Å². The second-order valence-corrected chi connectivity index (χ2v) is 12.4. The molecule has 0 aromatic carbocycles. The van der Waals surface area contributed by atoms with Crippen LogP contribution in [0.1, 0.15) is 57.8 Å². The highest BCUT2D eigenvalue weighted by molar-refractivity contribution is 5.82. The molecule has 0 aromatic rings. The second kappa shape index (κ2) is 13.6. The van der Waals surface area contributed by atoms with E-state index in [2.05, 4.69) is 4.74 Å². The molecule has 1 saturated heterocycles. The number of alkyl halides is 8. The standard InChI is InChI=1S/C16H20F4O4.C8H12O3.C4H6F4O2/c1-22-12(21)13-4-9-2-10(5-13)16(11(3-9)6-13)23-7-14(17,18)15(19,20)8-24-16;1-11-8(10)6-2-4-7(9)5-3-6;5-3(6,1-9)4(7,8)2-10/h9-11H,2-8H2,1H3;6H,2-5H2,1H3;9-10H,1-2H2. The first-order chi connectivity index (χ1) is 20.7. The summed E-state index contributed by atoms with van der Waals surface area (Å²) in [5.74, 6) is -19.7. The second-order valence-electron chi connectivity index (χ2n) is 12.4. The van der Waals surface area contributed by atoms with E-state index in [4.69, 9.17) is 24.4 Å². The summed E-state index contributed by atoms with van der Waals surface area (Å²) in [5, 5.41) is 15.4. The lowest BCUT2D eigenvalue weighted by Crippen LogP contribution is -2.65. The molecule has 2 unspecified atom stereocenters. The Morgan fingerprint density at radius 3 is 1.64 bits per heavy atom. The molecule has 260 valence electrons. The van der Waals surface area contributed by atoms with E-state index in [0.717, 1.165) is 0 Å². The van der Waals surface area contributed by atoms with Crippen molar-refractivity contribution in [2.24, 2.45) is 29.1 Å². The maximum atomic E-state index is 13.7. The smallest absolute Gasteiger partial charge is 0.335 e. The Hall–Kier alpha value is -2.11. The third-order valence-corrected chi connectivity index (χ3v) is 9.45. The zero-order valence-corrected chi connectivity index (χ0v) is 24.8. The number of ether oxygens (including phenoxy) is 4. The van der Waals surface area contributed by atoms with Gasteiger partial charge >= 0.3 is 35.6 Å². The van der Waals surface area contributed by atoms with Gasteiger partial charge in [0, 0.05) is 24.7 Å². The third-order valence-electron chi connectivity index (χ3n) is 9.45. The van der Waals surface area contributed by atoms with Gasteiger partial charge in [-0.1, -0.05) is 0 Å². The van der Waals surface area contributed by atoms with E-state index in [1.165, 1.54) is 14.2 Å². The van der Waals surface area contributed by atoms with E-state index in [-0.39, 0.29) is 41.4 Å². The number of carbonyl (C=O) groups is 3. The van der Waals surface area contributed by atoms with E-state index in [9.17, 15) is 49.5 Å². The molecule has 5 saturated carbocycles. The lowest BCUT2D eigenvalue weighted by atomic mass is 9.47.